The topological polar surface area (TPSA) is 75.8 Å². The van der Waals surface area contributed by atoms with E-state index in [1.807, 2.05) is 13.0 Å². The molecule has 17 heavy (non-hydrogen) atoms. The number of phenols is 1. The molecule has 1 saturated heterocycles. The summed E-state index contributed by atoms with van der Waals surface area (Å²) in [7, 11) is 0. The highest BCUT2D eigenvalue weighted by Gasteiger charge is 2.40. The van der Waals surface area contributed by atoms with Gasteiger partial charge in [-0.25, -0.2) is 4.79 Å². The molecule has 3 N–H and O–H groups in total. The predicted molar refractivity (Wildman–Crippen MR) is 62.5 cm³/mol. The van der Waals surface area contributed by atoms with E-state index in [4.69, 9.17) is 10.5 Å². The van der Waals surface area contributed by atoms with Crippen LogP contribution in [0.1, 0.15) is 12.5 Å². The molecular weight excluding hydrogens is 220 g/mol. The van der Waals surface area contributed by atoms with E-state index in [0.29, 0.717) is 19.6 Å². The Labute approximate surface area is 99.8 Å². The third-order valence-corrected chi connectivity index (χ3v) is 2.83. The maximum atomic E-state index is 11.6. The minimum Gasteiger partial charge on any atom is -0.508 e. The van der Waals surface area contributed by atoms with Crippen LogP contribution < -0.4 is 5.73 Å². The summed E-state index contributed by atoms with van der Waals surface area (Å²) in [6.07, 6.45) is -0.360. The number of hydrogen-bond donors (Lipinski definition) is 2. The van der Waals surface area contributed by atoms with Crippen LogP contribution >= 0.6 is 0 Å². The number of nitrogens with two attached hydrogens (primary N) is 1. The fourth-order valence-electron chi connectivity index (χ4n) is 1.88. The van der Waals surface area contributed by atoms with Crippen LogP contribution in [0.2, 0.25) is 0 Å². The molecule has 1 aliphatic rings. The Morgan fingerprint density at radius 2 is 2.35 bits per heavy atom. The number of carbonyl (C=O) groups excluding carboxylic acids is 1. The van der Waals surface area contributed by atoms with Crippen LogP contribution in [0.15, 0.2) is 24.3 Å². The van der Waals surface area contributed by atoms with Crippen LogP contribution in [0.25, 0.3) is 0 Å². The number of benzene rings is 1. The lowest BCUT2D eigenvalue weighted by Gasteiger charge is -2.19. The maximum Gasteiger partial charge on any atom is 0.410 e. The van der Waals surface area contributed by atoms with Gasteiger partial charge >= 0.3 is 6.09 Å². The van der Waals surface area contributed by atoms with Gasteiger partial charge < -0.3 is 15.6 Å². The minimum absolute atomic E-state index is 0.191. The summed E-state index contributed by atoms with van der Waals surface area (Å²) in [5.41, 5.74) is 5.83. The SMILES string of the molecule is CC1(CN)CN(Cc2cccc(O)c2)C(=O)O1. The molecule has 1 atom stereocenters. The Morgan fingerprint density at radius 3 is 2.94 bits per heavy atom. The van der Waals surface area contributed by atoms with Crippen molar-refractivity contribution >= 4 is 6.09 Å². The summed E-state index contributed by atoms with van der Waals surface area (Å²) in [6, 6.07) is 6.82. The molecule has 92 valence electrons. The quantitative estimate of drug-likeness (QED) is 0.822. The molecule has 1 aromatic rings. The summed E-state index contributed by atoms with van der Waals surface area (Å²) in [5, 5.41) is 9.35. The van der Waals surface area contributed by atoms with E-state index in [1.54, 1.807) is 23.1 Å². The van der Waals surface area contributed by atoms with E-state index in [2.05, 4.69) is 0 Å². The maximum absolute atomic E-state index is 11.6. The fourth-order valence-corrected chi connectivity index (χ4v) is 1.88. The third kappa shape index (κ3) is 2.50. The molecule has 0 radical (unpaired) electrons. The van der Waals surface area contributed by atoms with Crippen LogP contribution in [0.5, 0.6) is 5.75 Å². The van der Waals surface area contributed by atoms with Gasteiger partial charge in [0.05, 0.1) is 6.54 Å². The lowest BCUT2D eigenvalue weighted by molar-refractivity contribution is 0.0781. The van der Waals surface area contributed by atoms with E-state index in [-0.39, 0.29) is 11.8 Å². The van der Waals surface area contributed by atoms with E-state index >= 15 is 0 Å². The second-order valence-electron chi connectivity index (χ2n) is 4.55. The van der Waals surface area contributed by atoms with E-state index in [1.165, 1.54) is 0 Å². The molecule has 0 bridgehead atoms. The molecule has 5 heteroatoms. The summed E-state index contributed by atoms with van der Waals surface area (Å²) in [4.78, 5) is 13.2. The van der Waals surface area contributed by atoms with E-state index < -0.39 is 5.60 Å². The van der Waals surface area contributed by atoms with Crippen molar-refractivity contribution < 1.29 is 14.6 Å². The minimum atomic E-state index is -0.603. The molecule has 2 rings (SSSR count). The third-order valence-electron chi connectivity index (χ3n) is 2.83. The van der Waals surface area contributed by atoms with E-state index in [9.17, 15) is 9.90 Å². The lowest BCUT2D eigenvalue weighted by atomic mass is 10.1. The second-order valence-corrected chi connectivity index (χ2v) is 4.55. The van der Waals surface area contributed by atoms with Gasteiger partial charge in [-0.2, -0.15) is 0 Å². The van der Waals surface area contributed by atoms with Gasteiger partial charge in [0.1, 0.15) is 11.4 Å². The number of phenolic OH excluding ortho intramolecular Hbond substituents is 1. The Hall–Kier alpha value is -1.75. The molecular formula is C12H16N2O3. The first-order chi connectivity index (χ1) is 8.02. The van der Waals surface area contributed by atoms with Gasteiger partial charge in [0.15, 0.2) is 0 Å². The number of aromatic hydroxyl groups is 1. The number of rotatable bonds is 3. The fraction of sp³-hybridized carbons (Fsp3) is 0.417. The number of carbonyl (C=O) groups is 1. The van der Waals surface area contributed by atoms with Gasteiger partial charge in [0, 0.05) is 13.1 Å². The lowest BCUT2D eigenvalue weighted by Crippen LogP contribution is -2.38. The van der Waals surface area contributed by atoms with Crippen molar-refractivity contribution in [2.75, 3.05) is 13.1 Å². The van der Waals surface area contributed by atoms with Crippen molar-refractivity contribution in [2.24, 2.45) is 5.73 Å². The molecule has 1 heterocycles. The van der Waals surface area contributed by atoms with Gasteiger partial charge in [0.2, 0.25) is 0 Å². The number of cyclic esters (lactones) is 1. The largest absolute Gasteiger partial charge is 0.508 e. The molecule has 1 aromatic carbocycles. The zero-order valence-corrected chi connectivity index (χ0v) is 9.72. The van der Waals surface area contributed by atoms with Crippen LogP contribution in [0, 0.1) is 0 Å². The van der Waals surface area contributed by atoms with Crippen molar-refractivity contribution in [1.82, 2.24) is 4.90 Å². The van der Waals surface area contributed by atoms with Crippen LogP contribution in [0.4, 0.5) is 4.79 Å². The zero-order chi connectivity index (χ0) is 12.5. The normalized spacial score (nSPS) is 23.9. The first-order valence-corrected chi connectivity index (χ1v) is 5.48. The summed E-state index contributed by atoms with van der Waals surface area (Å²) in [5.74, 6) is 0.191. The van der Waals surface area contributed by atoms with Crippen molar-refractivity contribution in [3.05, 3.63) is 29.8 Å². The van der Waals surface area contributed by atoms with Gasteiger partial charge in [-0.15, -0.1) is 0 Å². The van der Waals surface area contributed by atoms with Crippen molar-refractivity contribution in [3.63, 3.8) is 0 Å². The predicted octanol–water partition coefficient (Wildman–Crippen LogP) is 1.06. The Morgan fingerprint density at radius 1 is 1.59 bits per heavy atom. The summed E-state index contributed by atoms with van der Waals surface area (Å²) < 4.78 is 5.21. The smallest absolute Gasteiger partial charge is 0.410 e. The molecule has 1 amide bonds. The van der Waals surface area contributed by atoms with Crippen LogP contribution in [-0.2, 0) is 11.3 Å². The summed E-state index contributed by atoms with van der Waals surface area (Å²) in [6.45, 7) is 3.00. The van der Waals surface area contributed by atoms with Gasteiger partial charge in [-0.05, 0) is 24.6 Å². The highest BCUT2D eigenvalue weighted by Crippen LogP contribution is 2.23. The second kappa shape index (κ2) is 4.25. The van der Waals surface area contributed by atoms with Crippen LogP contribution in [-0.4, -0.2) is 34.8 Å². The highest BCUT2D eigenvalue weighted by molar-refractivity contribution is 5.70. The molecule has 0 spiro atoms. The van der Waals surface area contributed by atoms with Gasteiger partial charge in [-0.3, -0.25) is 4.90 Å². The molecule has 1 fully saturated rings. The van der Waals surface area contributed by atoms with Crippen molar-refractivity contribution in [2.45, 2.75) is 19.1 Å². The zero-order valence-electron chi connectivity index (χ0n) is 9.72. The average Bonchev–Trinajstić information content (AvgIpc) is 2.55. The van der Waals surface area contributed by atoms with Crippen molar-refractivity contribution in [3.8, 4) is 5.75 Å². The van der Waals surface area contributed by atoms with Gasteiger partial charge in [0.25, 0.3) is 0 Å². The monoisotopic (exact) mass is 236 g/mol. The molecule has 1 aliphatic heterocycles. The Kier molecular flexibility index (Phi) is 2.93. The number of nitrogens with zero attached hydrogens (tertiary/aromatic N) is 1. The first-order valence-electron chi connectivity index (χ1n) is 5.48. The number of amides is 1. The van der Waals surface area contributed by atoms with Crippen LogP contribution in [0.3, 0.4) is 0 Å². The average molecular weight is 236 g/mol. The Balaban J connectivity index is 2.08. The first kappa shape index (κ1) is 11.7. The molecule has 1 unspecified atom stereocenters. The Bertz CT molecular complexity index is 436. The molecule has 5 nitrogen and oxygen atoms in total. The number of ether oxygens (including phenoxy) is 1. The van der Waals surface area contributed by atoms with E-state index in [0.717, 1.165) is 5.56 Å². The van der Waals surface area contributed by atoms with Crippen molar-refractivity contribution in [1.29, 1.82) is 0 Å². The highest BCUT2D eigenvalue weighted by atomic mass is 16.6. The molecule has 0 saturated carbocycles. The van der Waals surface area contributed by atoms with Gasteiger partial charge in [-0.1, -0.05) is 12.1 Å². The number of hydrogen-bond acceptors (Lipinski definition) is 4. The standard InChI is InChI=1S/C12H16N2O3/c1-12(7-13)8-14(11(16)17-12)6-9-3-2-4-10(15)5-9/h2-5,15H,6-8,13H2,1H3. The molecule has 0 aromatic heterocycles. The molecule has 0 aliphatic carbocycles. The summed E-state index contributed by atoms with van der Waals surface area (Å²) >= 11 is 0.